The van der Waals surface area contributed by atoms with Crippen molar-refractivity contribution in [2.45, 2.75) is 32.4 Å². The van der Waals surface area contributed by atoms with Crippen LogP contribution in [0.5, 0.6) is 0 Å². The number of aldehydes is 1. The highest BCUT2D eigenvalue weighted by Crippen LogP contribution is 2.22. The zero-order valence-corrected chi connectivity index (χ0v) is 12.3. The quantitative estimate of drug-likeness (QED) is 0.799. The molecule has 0 fully saturated rings. The molecule has 0 aliphatic heterocycles. The number of carbonyl (C=O) groups is 2. The first-order valence-electron chi connectivity index (χ1n) is 6.32. The van der Waals surface area contributed by atoms with Crippen LogP contribution in [-0.2, 0) is 10.2 Å². The van der Waals surface area contributed by atoms with E-state index >= 15 is 0 Å². The predicted octanol–water partition coefficient (Wildman–Crippen LogP) is 1.03. The van der Waals surface area contributed by atoms with E-state index in [1.165, 1.54) is 5.32 Å². The molecule has 2 heterocycles. The number of nitrogens with zero attached hydrogens (tertiary/aromatic N) is 3. The van der Waals surface area contributed by atoms with Crippen LogP contribution in [0.25, 0.3) is 5.65 Å². The Morgan fingerprint density at radius 1 is 1.26 bits per heavy atom. The maximum absolute atomic E-state index is 12.3. The van der Waals surface area contributed by atoms with E-state index in [0.29, 0.717) is 0 Å². The van der Waals surface area contributed by atoms with Crippen LogP contribution in [0.1, 0.15) is 36.8 Å². The van der Waals surface area contributed by atoms with E-state index in [1.54, 1.807) is 20.8 Å². The van der Waals surface area contributed by atoms with Gasteiger partial charge in [0.15, 0.2) is 11.9 Å². The molecule has 0 aliphatic rings. The number of aromatic nitrogens is 4. The van der Waals surface area contributed by atoms with Crippen LogP contribution in [-0.4, -0.2) is 38.2 Å². The molecule has 11 heteroatoms. The Morgan fingerprint density at radius 3 is 2.35 bits per heavy atom. The first-order chi connectivity index (χ1) is 10.5. The molecular formula is C12H12F3N5O3. The van der Waals surface area contributed by atoms with Crippen LogP contribution in [0.4, 0.5) is 19.0 Å². The van der Waals surface area contributed by atoms with Crippen molar-refractivity contribution in [2.75, 3.05) is 5.32 Å². The summed E-state index contributed by atoms with van der Waals surface area (Å²) in [6.07, 6.45) is -4.98. The van der Waals surface area contributed by atoms with Gasteiger partial charge in [0.2, 0.25) is 0 Å². The van der Waals surface area contributed by atoms with E-state index in [9.17, 15) is 27.6 Å². The number of hydrogen-bond acceptors (Lipinski definition) is 5. The van der Waals surface area contributed by atoms with Crippen LogP contribution in [0, 0.1) is 0 Å². The summed E-state index contributed by atoms with van der Waals surface area (Å²) in [5.74, 6) is -2.87. The number of H-pyrrole nitrogens is 1. The Morgan fingerprint density at radius 2 is 1.87 bits per heavy atom. The number of amides is 1. The molecule has 0 aliphatic carbocycles. The molecule has 1 amide bonds. The molecule has 0 bridgehead atoms. The molecule has 23 heavy (non-hydrogen) atoms. The molecular weight excluding hydrogens is 319 g/mol. The number of anilines is 1. The lowest BCUT2D eigenvalue weighted by atomic mass is 9.93. The van der Waals surface area contributed by atoms with Gasteiger partial charge in [0.25, 0.3) is 5.56 Å². The van der Waals surface area contributed by atoms with E-state index < -0.39 is 34.4 Å². The van der Waals surface area contributed by atoms with Crippen LogP contribution in [0.3, 0.4) is 0 Å². The summed E-state index contributed by atoms with van der Waals surface area (Å²) in [5.41, 5.74) is -2.00. The molecule has 2 rings (SSSR count). The zero-order valence-electron chi connectivity index (χ0n) is 12.3. The van der Waals surface area contributed by atoms with Gasteiger partial charge in [0.1, 0.15) is 17.1 Å². The Labute approximate surface area is 126 Å². The minimum absolute atomic E-state index is 0.0439. The van der Waals surface area contributed by atoms with Crippen molar-refractivity contribution in [3.05, 3.63) is 21.6 Å². The molecule has 2 aromatic heterocycles. The molecule has 124 valence electrons. The van der Waals surface area contributed by atoms with Gasteiger partial charge in [0, 0.05) is 5.41 Å². The van der Waals surface area contributed by atoms with Crippen molar-refractivity contribution in [2.24, 2.45) is 0 Å². The Kier molecular flexibility index (Phi) is 3.75. The number of nitrogens with one attached hydrogen (secondary N) is 2. The molecule has 0 unspecified atom stereocenters. The summed E-state index contributed by atoms with van der Waals surface area (Å²) in [4.78, 5) is 34.4. The van der Waals surface area contributed by atoms with E-state index in [-0.39, 0.29) is 17.6 Å². The maximum Gasteiger partial charge on any atom is 0.471 e. The molecule has 2 aromatic rings. The fourth-order valence-electron chi connectivity index (χ4n) is 1.81. The molecule has 0 saturated heterocycles. The summed E-state index contributed by atoms with van der Waals surface area (Å²) >= 11 is 0. The maximum atomic E-state index is 12.3. The number of fused-ring (bicyclic) bond motifs is 1. The van der Waals surface area contributed by atoms with Crippen LogP contribution in [0.2, 0.25) is 0 Å². The largest absolute Gasteiger partial charge is 0.471 e. The van der Waals surface area contributed by atoms with Crippen LogP contribution >= 0.6 is 0 Å². The van der Waals surface area contributed by atoms with Crippen LogP contribution < -0.4 is 10.9 Å². The van der Waals surface area contributed by atoms with Gasteiger partial charge in [-0.2, -0.15) is 17.7 Å². The smallest absolute Gasteiger partial charge is 0.303 e. The number of rotatable bonds is 2. The lowest BCUT2D eigenvalue weighted by Gasteiger charge is -2.15. The van der Waals surface area contributed by atoms with Gasteiger partial charge in [-0.25, -0.2) is 0 Å². The minimum Gasteiger partial charge on any atom is -0.303 e. The van der Waals surface area contributed by atoms with Crippen molar-refractivity contribution < 1.29 is 22.8 Å². The van der Waals surface area contributed by atoms with Crippen molar-refractivity contribution in [3.8, 4) is 0 Å². The Bertz CT molecular complexity index is 844. The topological polar surface area (TPSA) is 109 Å². The van der Waals surface area contributed by atoms with Gasteiger partial charge in [0.05, 0.1) is 0 Å². The fourth-order valence-corrected chi connectivity index (χ4v) is 1.81. The zero-order chi connectivity index (χ0) is 17.6. The minimum atomic E-state index is -5.15. The third-order valence-electron chi connectivity index (χ3n) is 2.92. The van der Waals surface area contributed by atoms with Gasteiger partial charge in [-0.05, 0) is 0 Å². The highest BCUT2D eigenvalue weighted by Gasteiger charge is 2.39. The summed E-state index contributed by atoms with van der Waals surface area (Å²) < 4.78 is 37.7. The Balaban J connectivity index is 2.65. The first kappa shape index (κ1) is 16.6. The lowest BCUT2D eigenvalue weighted by molar-refractivity contribution is -0.167. The van der Waals surface area contributed by atoms with E-state index in [2.05, 4.69) is 15.3 Å². The van der Waals surface area contributed by atoms with Crippen molar-refractivity contribution in [1.82, 2.24) is 19.8 Å². The molecule has 0 radical (unpaired) electrons. The standard InChI is InChI=1S/C12H12F3N5O3/c1-11(2,3)6-9(22)20-8(18-17-6)5(4-21)7(19-20)16-10(23)12(13,14)15/h4,19H,1-3H3,(H,16,23). The van der Waals surface area contributed by atoms with Gasteiger partial charge in [-0.1, -0.05) is 20.8 Å². The van der Waals surface area contributed by atoms with E-state index in [1.807, 2.05) is 0 Å². The average Bonchev–Trinajstić information content (AvgIpc) is 2.74. The third kappa shape index (κ3) is 2.94. The highest BCUT2D eigenvalue weighted by atomic mass is 19.4. The van der Waals surface area contributed by atoms with E-state index in [4.69, 9.17) is 0 Å². The average molecular weight is 331 g/mol. The number of alkyl halides is 3. The van der Waals surface area contributed by atoms with Crippen molar-refractivity contribution >= 4 is 23.7 Å². The lowest BCUT2D eigenvalue weighted by Crippen LogP contribution is -2.31. The van der Waals surface area contributed by atoms with Gasteiger partial charge < -0.3 is 5.32 Å². The second-order valence-electron chi connectivity index (χ2n) is 5.73. The summed E-state index contributed by atoms with van der Waals surface area (Å²) in [5, 5.41) is 11.2. The van der Waals surface area contributed by atoms with Gasteiger partial charge in [-0.15, -0.1) is 10.2 Å². The predicted molar refractivity (Wildman–Crippen MR) is 72.4 cm³/mol. The molecule has 0 spiro atoms. The number of halogens is 3. The molecule has 8 nitrogen and oxygen atoms in total. The fraction of sp³-hybridized carbons (Fsp3) is 0.417. The second-order valence-corrected chi connectivity index (χ2v) is 5.73. The van der Waals surface area contributed by atoms with Crippen molar-refractivity contribution in [1.29, 1.82) is 0 Å². The van der Waals surface area contributed by atoms with E-state index in [0.717, 1.165) is 4.52 Å². The van der Waals surface area contributed by atoms with Crippen LogP contribution in [0.15, 0.2) is 4.79 Å². The number of carbonyl (C=O) groups excluding carboxylic acids is 2. The molecule has 0 saturated carbocycles. The monoisotopic (exact) mass is 331 g/mol. The summed E-state index contributed by atoms with van der Waals surface area (Å²) in [7, 11) is 0. The molecule has 0 atom stereocenters. The van der Waals surface area contributed by atoms with Gasteiger partial charge >= 0.3 is 12.1 Å². The first-order valence-corrected chi connectivity index (χ1v) is 6.32. The normalized spacial score (nSPS) is 12.4. The Hall–Kier alpha value is -2.72. The summed E-state index contributed by atoms with van der Waals surface area (Å²) in [6, 6.07) is 0. The van der Waals surface area contributed by atoms with Crippen molar-refractivity contribution in [3.63, 3.8) is 0 Å². The number of aromatic amines is 1. The summed E-state index contributed by atoms with van der Waals surface area (Å²) in [6.45, 7) is 5.09. The van der Waals surface area contributed by atoms with Gasteiger partial charge in [-0.3, -0.25) is 19.5 Å². The number of hydrogen-bond donors (Lipinski definition) is 2. The highest BCUT2D eigenvalue weighted by molar-refractivity contribution is 6.00. The SMILES string of the molecule is CC(C)(C)c1nnc2c(C=O)c(NC(=O)C(F)(F)F)[nH]n2c1=O. The molecule has 2 N–H and O–H groups in total. The second kappa shape index (κ2) is 5.18. The third-order valence-corrected chi connectivity index (χ3v) is 2.92. The molecule has 0 aromatic carbocycles.